The molecule has 0 aliphatic carbocycles. The van der Waals surface area contributed by atoms with Crippen molar-refractivity contribution in [2.75, 3.05) is 13.2 Å². The number of hydrogen-bond donors (Lipinski definition) is 2. The Kier molecular flexibility index (Phi) is 7.11. The second-order valence-corrected chi connectivity index (χ2v) is 5.71. The number of rotatable bonds is 7. The standard InChI is InChI=1S/C16H25FN2O3/c1-11(2)19(9-13(4)20)16(21)18-12(3)10-22-15-7-5-14(17)6-8-15/h5-8,11-13,20H,9-10H2,1-4H3,(H,18,21). The average Bonchev–Trinajstić information content (AvgIpc) is 2.43. The summed E-state index contributed by atoms with van der Waals surface area (Å²) in [5.41, 5.74) is 0. The molecule has 0 aliphatic rings. The van der Waals surface area contributed by atoms with E-state index in [1.165, 1.54) is 24.3 Å². The highest BCUT2D eigenvalue weighted by Gasteiger charge is 2.20. The van der Waals surface area contributed by atoms with E-state index in [0.29, 0.717) is 5.75 Å². The van der Waals surface area contributed by atoms with Crippen LogP contribution >= 0.6 is 0 Å². The summed E-state index contributed by atoms with van der Waals surface area (Å²) >= 11 is 0. The number of nitrogens with one attached hydrogen (secondary N) is 1. The Bertz CT molecular complexity index is 463. The lowest BCUT2D eigenvalue weighted by molar-refractivity contribution is 0.116. The first-order chi connectivity index (χ1) is 10.3. The van der Waals surface area contributed by atoms with Crippen LogP contribution in [0.25, 0.3) is 0 Å². The monoisotopic (exact) mass is 312 g/mol. The van der Waals surface area contributed by atoms with E-state index in [0.717, 1.165) is 0 Å². The molecule has 0 fully saturated rings. The van der Waals surface area contributed by atoms with E-state index in [2.05, 4.69) is 5.32 Å². The molecule has 0 saturated carbocycles. The van der Waals surface area contributed by atoms with Gasteiger partial charge >= 0.3 is 6.03 Å². The summed E-state index contributed by atoms with van der Waals surface area (Å²) in [6.07, 6.45) is -0.584. The molecule has 0 spiro atoms. The van der Waals surface area contributed by atoms with Gasteiger partial charge in [-0.15, -0.1) is 0 Å². The molecule has 5 nitrogen and oxygen atoms in total. The van der Waals surface area contributed by atoms with Gasteiger partial charge in [0.25, 0.3) is 0 Å². The largest absolute Gasteiger partial charge is 0.491 e. The van der Waals surface area contributed by atoms with E-state index < -0.39 is 6.10 Å². The first-order valence-electron chi connectivity index (χ1n) is 7.43. The van der Waals surface area contributed by atoms with Gasteiger partial charge < -0.3 is 20.1 Å². The molecule has 1 aromatic carbocycles. The topological polar surface area (TPSA) is 61.8 Å². The molecule has 0 heterocycles. The Balaban J connectivity index is 2.46. The molecule has 0 bridgehead atoms. The van der Waals surface area contributed by atoms with Gasteiger partial charge in [0.05, 0.1) is 12.1 Å². The fraction of sp³-hybridized carbons (Fsp3) is 0.562. The first kappa shape index (κ1) is 18.2. The molecule has 0 saturated heterocycles. The third-order valence-corrected chi connectivity index (χ3v) is 3.03. The quantitative estimate of drug-likeness (QED) is 0.812. The Morgan fingerprint density at radius 2 is 1.86 bits per heavy atom. The van der Waals surface area contributed by atoms with Crippen LogP contribution < -0.4 is 10.1 Å². The minimum absolute atomic E-state index is 0.0141. The van der Waals surface area contributed by atoms with Crippen molar-refractivity contribution in [3.8, 4) is 5.75 Å². The van der Waals surface area contributed by atoms with Crippen LogP contribution in [0.2, 0.25) is 0 Å². The summed E-state index contributed by atoms with van der Waals surface area (Å²) in [4.78, 5) is 13.8. The SMILES string of the molecule is CC(O)CN(C(=O)NC(C)COc1ccc(F)cc1)C(C)C. The molecule has 2 N–H and O–H groups in total. The van der Waals surface area contributed by atoms with Gasteiger partial charge in [0.15, 0.2) is 0 Å². The molecule has 1 rings (SSSR count). The number of benzene rings is 1. The molecule has 124 valence electrons. The van der Waals surface area contributed by atoms with Crippen molar-refractivity contribution in [2.45, 2.75) is 45.9 Å². The molecule has 2 unspecified atom stereocenters. The molecule has 2 amide bonds. The second-order valence-electron chi connectivity index (χ2n) is 5.71. The lowest BCUT2D eigenvalue weighted by Gasteiger charge is -2.29. The van der Waals surface area contributed by atoms with Crippen molar-refractivity contribution >= 4 is 6.03 Å². The van der Waals surface area contributed by atoms with Crippen LogP contribution in [-0.4, -0.2) is 47.4 Å². The van der Waals surface area contributed by atoms with Gasteiger partial charge in [0.1, 0.15) is 18.2 Å². The van der Waals surface area contributed by atoms with Gasteiger partial charge in [-0.1, -0.05) is 0 Å². The van der Waals surface area contributed by atoms with Crippen LogP contribution in [0.5, 0.6) is 5.75 Å². The number of amides is 2. The van der Waals surface area contributed by atoms with E-state index in [4.69, 9.17) is 4.74 Å². The summed E-state index contributed by atoms with van der Waals surface area (Å²) < 4.78 is 18.3. The number of aliphatic hydroxyl groups excluding tert-OH is 1. The van der Waals surface area contributed by atoms with Gasteiger partial charge in [0.2, 0.25) is 0 Å². The zero-order valence-corrected chi connectivity index (χ0v) is 13.5. The molecule has 22 heavy (non-hydrogen) atoms. The maximum atomic E-state index is 12.8. The van der Waals surface area contributed by atoms with Crippen LogP contribution in [0, 0.1) is 5.82 Å². The van der Waals surface area contributed by atoms with Crippen LogP contribution in [0.1, 0.15) is 27.7 Å². The van der Waals surface area contributed by atoms with E-state index in [-0.39, 0.29) is 37.1 Å². The number of carbonyl (C=O) groups is 1. The predicted octanol–water partition coefficient (Wildman–Crippen LogP) is 2.39. The number of aliphatic hydroxyl groups is 1. The molecule has 2 atom stereocenters. The lowest BCUT2D eigenvalue weighted by Crippen LogP contribution is -2.50. The number of urea groups is 1. The van der Waals surface area contributed by atoms with Crippen molar-refractivity contribution in [2.24, 2.45) is 0 Å². The Morgan fingerprint density at radius 3 is 2.36 bits per heavy atom. The highest BCUT2D eigenvalue weighted by molar-refractivity contribution is 5.74. The number of carbonyl (C=O) groups excluding carboxylic acids is 1. The van der Waals surface area contributed by atoms with Crippen LogP contribution in [-0.2, 0) is 0 Å². The minimum Gasteiger partial charge on any atom is -0.491 e. The number of hydrogen-bond acceptors (Lipinski definition) is 3. The fourth-order valence-corrected chi connectivity index (χ4v) is 1.90. The Hall–Kier alpha value is -1.82. The smallest absolute Gasteiger partial charge is 0.318 e. The summed E-state index contributed by atoms with van der Waals surface area (Å²) in [6, 6.07) is 5.25. The summed E-state index contributed by atoms with van der Waals surface area (Å²) in [5, 5.41) is 12.3. The van der Waals surface area contributed by atoms with Crippen molar-refractivity contribution in [3.63, 3.8) is 0 Å². The van der Waals surface area contributed by atoms with Gasteiger partial charge in [-0.25, -0.2) is 9.18 Å². The third-order valence-electron chi connectivity index (χ3n) is 3.03. The molecular formula is C16H25FN2O3. The van der Waals surface area contributed by atoms with Crippen LogP contribution in [0.4, 0.5) is 9.18 Å². The molecule has 0 aromatic heterocycles. The zero-order chi connectivity index (χ0) is 16.7. The molecule has 0 aliphatic heterocycles. The van der Waals surface area contributed by atoms with Crippen molar-refractivity contribution in [3.05, 3.63) is 30.1 Å². The van der Waals surface area contributed by atoms with E-state index >= 15 is 0 Å². The lowest BCUT2D eigenvalue weighted by atomic mass is 10.3. The van der Waals surface area contributed by atoms with Crippen LogP contribution in [0.15, 0.2) is 24.3 Å². The normalized spacial score (nSPS) is 13.6. The van der Waals surface area contributed by atoms with E-state index in [1.54, 1.807) is 11.8 Å². The number of halogens is 1. The summed E-state index contributed by atoms with van der Waals surface area (Å²) in [5.74, 6) is 0.228. The summed E-state index contributed by atoms with van der Waals surface area (Å²) in [6.45, 7) is 7.79. The first-order valence-corrected chi connectivity index (χ1v) is 7.43. The van der Waals surface area contributed by atoms with Crippen LogP contribution in [0.3, 0.4) is 0 Å². The van der Waals surface area contributed by atoms with Gasteiger partial charge in [0, 0.05) is 12.6 Å². The zero-order valence-electron chi connectivity index (χ0n) is 13.5. The average molecular weight is 312 g/mol. The Morgan fingerprint density at radius 1 is 1.27 bits per heavy atom. The fourth-order valence-electron chi connectivity index (χ4n) is 1.90. The summed E-state index contributed by atoms with van der Waals surface area (Å²) in [7, 11) is 0. The maximum absolute atomic E-state index is 12.8. The number of ether oxygens (including phenoxy) is 1. The van der Waals surface area contributed by atoms with Gasteiger partial charge in [-0.2, -0.15) is 0 Å². The molecule has 1 aromatic rings. The highest BCUT2D eigenvalue weighted by Crippen LogP contribution is 2.11. The molecular weight excluding hydrogens is 287 g/mol. The molecule has 6 heteroatoms. The number of nitrogens with zero attached hydrogens (tertiary/aromatic N) is 1. The van der Waals surface area contributed by atoms with E-state index in [1.807, 2.05) is 20.8 Å². The second kappa shape index (κ2) is 8.58. The predicted molar refractivity (Wildman–Crippen MR) is 83.4 cm³/mol. The maximum Gasteiger partial charge on any atom is 0.318 e. The highest BCUT2D eigenvalue weighted by atomic mass is 19.1. The van der Waals surface area contributed by atoms with Crippen molar-refractivity contribution in [1.29, 1.82) is 0 Å². The van der Waals surface area contributed by atoms with Crippen molar-refractivity contribution in [1.82, 2.24) is 10.2 Å². The minimum atomic E-state index is -0.584. The van der Waals surface area contributed by atoms with Gasteiger partial charge in [-0.05, 0) is 52.0 Å². The van der Waals surface area contributed by atoms with Crippen molar-refractivity contribution < 1.29 is 19.0 Å². The van der Waals surface area contributed by atoms with Gasteiger partial charge in [-0.3, -0.25) is 0 Å². The third kappa shape index (κ3) is 6.30. The Labute approximate surface area is 131 Å². The molecule has 0 radical (unpaired) electrons. The van der Waals surface area contributed by atoms with E-state index in [9.17, 15) is 14.3 Å².